The van der Waals surface area contributed by atoms with Gasteiger partial charge in [0.15, 0.2) is 5.82 Å². The van der Waals surface area contributed by atoms with Crippen LogP contribution in [0.2, 0.25) is 5.02 Å². The third-order valence-electron chi connectivity index (χ3n) is 5.84. The molecule has 3 aliphatic rings. The summed E-state index contributed by atoms with van der Waals surface area (Å²) in [6, 6.07) is 2.85. The number of rotatable bonds is 3. The van der Waals surface area contributed by atoms with Crippen LogP contribution in [0.4, 0.5) is 20.3 Å². The minimum Gasteiger partial charge on any atom is -0.489 e. The minimum atomic E-state index is -2.68. The van der Waals surface area contributed by atoms with Gasteiger partial charge in [0.05, 0.1) is 29.5 Å². The Labute approximate surface area is 172 Å². The standard InChI is InChI=1S/C20H21ClF2N4O2/c1-11(28)25-4-5-26-16(10-25)20(24-19(26)12-2-3-12)27-6-7-29-17-9-14(21)13(18(22)23)8-15(17)27/h8-9,12,18H,2-7,10H2,1H3. The van der Waals surface area contributed by atoms with Gasteiger partial charge in [-0.05, 0) is 18.9 Å². The highest BCUT2D eigenvalue weighted by Gasteiger charge is 2.36. The first-order chi connectivity index (χ1) is 13.9. The number of amides is 1. The number of hydrogen-bond donors (Lipinski definition) is 0. The van der Waals surface area contributed by atoms with Crippen molar-refractivity contribution in [2.75, 3.05) is 24.6 Å². The maximum absolute atomic E-state index is 13.5. The van der Waals surface area contributed by atoms with Crippen molar-refractivity contribution in [3.8, 4) is 5.75 Å². The fourth-order valence-corrected chi connectivity index (χ4v) is 4.39. The van der Waals surface area contributed by atoms with Gasteiger partial charge in [-0.25, -0.2) is 13.8 Å². The summed E-state index contributed by atoms with van der Waals surface area (Å²) in [6.07, 6.45) is -0.461. The molecule has 3 heterocycles. The molecule has 5 rings (SSSR count). The van der Waals surface area contributed by atoms with Crippen molar-refractivity contribution < 1.29 is 18.3 Å². The average molecular weight is 423 g/mol. The maximum Gasteiger partial charge on any atom is 0.265 e. The van der Waals surface area contributed by atoms with Gasteiger partial charge in [0.25, 0.3) is 6.43 Å². The molecule has 154 valence electrons. The summed E-state index contributed by atoms with van der Waals surface area (Å²) in [4.78, 5) is 20.6. The van der Waals surface area contributed by atoms with Crippen molar-refractivity contribution in [2.24, 2.45) is 0 Å². The highest BCUT2D eigenvalue weighted by molar-refractivity contribution is 6.31. The molecule has 1 fully saturated rings. The second-order valence-electron chi connectivity index (χ2n) is 7.75. The van der Waals surface area contributed by atoms with Crippen molar-refractivity contribution in [2.45, 2.75) is 45.2 Å². The summed E-state index contributed by atoms with van der Waals surface area (Å²) < 4.78 is 34.8. The van der Waals surface area contributed by atoms with Crippen molar-refractivity contribution >= 4 is 29.0 Å². The van der Waals surface area contributed by atoms with Crippen molar-refractivity contribution in [1.82, 2.24) is 14.5 Å². The highest BCUT2D eigenvalue weighted by Crippen LogP contribution is 2.46. The van der Waals surface area contributed by atoms with Gasteiger partial charge >= 0.3 is 0 Å². The van der Waals surface area contributed by atoms with Crippen LogP contribution in [-0.2, 0) is 17.9 Å². The van der Waals surface area contributed by atoms with Crippen LogP contribution >= 0.6 is 11.6 Å². The topological polar surface area (TPSA) is 50.6 Å². The molecule has 2 aromatic rings. The molecule has 1 saturated carbocycles. The number of anilines is 2. The zero-order valence-corrected chi connectivity index (χ0v) is 16.8. The van der Waals surface area contributed by atoms with Gasteiger partial charge in [-0.2, -0.15) is 0 Å². The number of nitrogens with zero attached hydrogens (tertiary/aromatic N) is 4. The number of carbonyl (C=O) groups excluding carboxylic acids is 1. The van der Waals surface area contributed by atoms with Crippen LogP contribution in [0.15, 0.2) is 12.1 Å². The summed E-state index contributed by atoms with van der Waals surface area (Å²) in [5.41, 5.74) is 1.27. The van der Waals surface area contributed by atoms with E-state index in [2.05, 4.69) is 4.57 Å². The number of benzene rings is 1. The Balaban J connectivity index is 1.62. The molecule has 2 aliphatic heterocycles. The molecule has 9 heteroatoms. The van der Waals surface area contributed by atoms with E-state index in [1.807, 2.05) is 4.90 Å². The number of alkyl halides is 2. The van der Waals surface area contributed by atoms with E-state index < -0.39 is 6.43 Å². The van der Waals surface area contributed by atoms with Crippen LogP contribution in [-0.4, -0.2) is 40.1 Å². The molecule has 1 aromatic heterocycles. The largest absolute Gasteiger partial charge is 0.489 e. The van der Waals surface area contributed by atoms with Gasteiger partial charge in [0.2, 0.25) is 5.91 Å². The Kier molecular flexibility index (Phi) is 4.42. The predicted octanol–water partition coefficient (Wildman–Crippen LogP) is 4.24. The van der Waals surface area contributed by atoms with Crippen molar-refractivity contribution in [3.05, 3.63) is 34.2 Å². The number of imidazole rings is 1. The highest BCUT2D eigenvalue weighted by atomic mass is 35.5. The fourth-order valence-electron chi connectivity index (χ4n) is 4.16. The van der Waals surface area contributed by atoms with Crippen molar-refractivity contribution in [3.63, 3.8) is 0 Å². The van der Waals surface area contributed by atoms with Gasteiger partial charge in [0, 0.05) is 37.6 Å². The lowest BCUT2D eigenvalue weighted by Gasteiger charge is -2.33. The van der Waals surface area contributed by atoms with E-state index in [0.717, 1.165) is 30.2 Å². The van der Waals surface area contributed by atoms with E-state index >= 15 is 0 Å². The van der Waals surface area contributed by atoms with Crippen LogP contribution in [0.1, 0.15) is 49.2 Å². The Bertz CT molecular complexity index is 989. The Morgan fingerprint density at radius 1 is 1.28 bits per heavy atom. The molecule has 1 aliphatic carbocycles. The van der Waals surface area contributed by atoms with Crippen LogP contribution in [0, 0.1) is 0 Å². The third kappa shape index (κ3) is 3.13. The molecule has 6 nitrogen and oxygen atoms in total. The molecule has 0 atom stereocenters. The minimum absolute atomic E-state index is 0.00565. The summed E-state index contributed by atoms with van der Waals surface area (Å²) in [6.45, 7) is 4.28. The first-order valence-corrected chi connectivity index (χ1v) is 10.2. The molecule has 0 radical (unpaired) electrons. The van der Waals surface area contributed by atoms with Gasteiger partial charge < -0.3 is 19.1 Å². The molecule has 0 spiro atoms. The molecular formula is C20H21ClF2N4O2. The first-order valence-electron chi connectivity index (χ1n) is 9.80. The third-order valence-corrected chi connectivity index (χ3v) is 6.16. The van der Waals surface area contributed by atoms with E-state index in [0.29, 0.717) is 50.1 Å². The van der Waals surface area contributed by atoms with Gasteiger partial charge in [-0.3, -0.25) is 4.79 Å². The lowest BCUT2D eigenvalue weighted by molar-refractivity contribution is -0.130. The monoisotopic (exact) mass is 422 g/mol. The Morgan fingerprint density at radius 3 is 2.76 bits per heavy atom. The smallest absolute Gasteiger partial charge is 0.265 e. The molecule has 0 saturated heterocycles. The second kappa shape index (κ2) is 6.86. The number of carbonyl (C=O) groups is 1. The van der Waals surface area contributed by atoms with Crippen molar-refractivity contribution in [1.29, 1.82) is 0 Å². The molecule has 1 aromatic carbocycles. The quantitative estimate of drug-likeness (QED) is 0.742. The molecule has 0 bridgehead atoms. The predicted molar refractivity (Wildman–Crippen MR) is 104 cm³/mol. The second-order valence-corrected chi connectivity index (χ2v) is 8.16. The zero-order chi connectivity index (χ0) is 20.3. The average Bonchev–Trinajstić information content (AvgIpc) is 3.47. The fraction of sp³-hybridized carbons (Fsp3) is 0.500. The van der Waals surface area contributed by atoms with E-state index in [4.69, 9.17) is 21.3 Å². The summed E-state index contributed by atoms with van der Waals surface area (Å²) in [5, 5.41) is -0.00565. The maximum atomic E-state index is 13.5. The zero-order valence-electron chi connectivity index (χ0n) is 16.0. The summed E-state index contributed by atoms with van der Waals surface area (Å²) >= 11 is 6.03. The summed E-state index contributed by atoms with van der Waals surface area (Å²) in [5.74, 6) is 2.69. The molecule has 0 N–H and O–H groups in total. The lowest BCUT2D eigenvalue weighted by atomic mass is 10.1. The van der Waals surface area contributed by atoms with Crippen LogP contribution in [0.5, 0.6) is 5.75 Å². The lowest BCUT2D eigenvalue weighted by Crippen LogP contribution is -2.38. The number of hydrogen-bond acceptors (Lipinski definition) is 4. The number of aromatic nitrogens is 2. The van der Waals surface area contributed by atoms with E-state index in [1.54, 1.807) is 11.8 Å². The SMILES string of the molecule is CC(=O)N1CCn2c(C3CC3)nc(N3CCOc4cc(Cl)c(C(F)F)cc43)c2C1. The normalized spacial score (nSPS) is 18.5. The van der Waals surface area contributed by atoms with Gasteiger partial charge in [0.1, 0.15) is 18.2 Å². The number of halogens is 3. The van der Waals surface area contributed by atoms with Crippen LogP contribution in [0.25, 0.3) is 0 Å². The van der Waals surface area contributed by atoms with E-state index in [-0.39, 0.29) is 16.5 Å². The molecule has 29 heavy (non-hydrogen) atoms. The first kappa shape index (κ1) is 18.7. The Hall–Kier alpha value is -2.35. The van der Waals surface area contributed by atoms with Gasteiger partial charge in [-0.1, -0.05) is 11.6 Å². The Morgan fingerprint density at radius 2 is 2.07 bits per heavy atom. The molecule has 1 amide bonds. The summed E-state index contributed by atoms with van der Waals surface area (Å²) in [7, 11) is 0. The number of fused-ring (bicyclic) bond motifs is 2. The van der Waals surface area contributed by atoms with E-state index in [9.17, 15) is 13.6 Å². The van der Waals surface area contributed by atoms with Crippen LogP contribution < -0.4 is 9.64 Å². The van der Waals surface area contributed by atoms with Crippen LogP contribution in [0.3, 0.4) is 0 Å². The molecular weight excluding hydrogens is 402 g/mol. The molecule has 0 unspecified atom stereocenters. The number of ether oxygens (including phenoxy) is 1. The van der Waals surface area contributed by atoms with E-state index in [1.165, 1.54) is 12.1 Å². The van der Waals surface area contributed by atoms with Gasteiger partial charge in [-0.15, -0.1) is 0 Å².